The zero-order valence-corrected chi connectivity index (χ0v) is 10.4. The van der Waals surface area contributed by atoms with Gasteiger partial charge in [0.25, 0.3) is 0 Å². The molecule has 0 aliphatic heterocycles. The Labute approximate surface area is 106 Å². The van der Waals surface area contributed by atoms with E-state index in [9.17, 15) is 4.79 Å². The molecule has 5 heteroatoms. The van der Waals surface area contributed by atoms with Gasteiger partial charge >= 0.3 is 5.97 Å². The molecule has 100 valence electrons. The van der Waals surface area contributed by atoms with Gasteiger partial charge in [-0.15, -0.1) is 0 Å². The van der Waals surface area contributed by atoms with Crippen LogP contribution in [-0.4, -0.2) is 42.5 Å². The fourth-order valence-electron chi connectivity index (χ4n) is 1.57. The van der Waals surface area contributed by atoms with Crippen molar-refractivity contribution in [2.75, 3.05) is 20.3 Å². The molecule has 1 aromatic carbocycles. The quantitative estimate of drug-likeness (QED) is 0.634. The van der Waals surface area contributed by atoms with E-state index in [-0.39, 0.29) is 6.61 Å². The van der Waals surface area contributed by atoms with Gasteiger partial charge in [0, 0.05) is 13.0 Å². The first kappa shape index (κ1) is 14.5. The Kier molecular flexibility index (Phi) is 6.18. The zero-order valence-electron chi connectivity index (χ0n) is 10.4. The predicted molar refractivity (Wildman–Crippen MR) is 67.8 cm³/mol. The van der Waals surface area contributed by atoms with Crippen LogP contribution in [0.25, 0.3) is 0 Å². The van der Waals surface area contributed by atoms with Crippen LogP contribution in [0.2, 0.25) is 0 Å². The molecule has 1 aromatic rings. The largest absolute Gasteiger partial charge is 0.494 e. The lowest BCUT2D eigenvalue weighted by atomic mass is 10.1. The van der Waals surface area contributed by atoms with Crippen LogP contribution in [0.1, 0.15) is 12.0 Å². The van der Waals surface area contributed by atoms with E-state index in [2.05, 4.69) is 5.32 Å². The highest BCUT2D eigenvalue weighted by Gasteiger charge is 2.14. The van der Waals surface area contributed by atoms with Crippen LogP contribution < -0.4 is 10.1 Å². The molecule has 0 saturated carbocycles. The maximum atomic E-state index is 10.7. The second-order valence-electron chi connectivity index (χ2n) is 3.93. The van der Waals surface area contributed by atoms with Gasteiger partial charge in [-0.3, -0.25) is 4.79 Å². The van der Waals surface area contributed by atoms with Gasteiger partial charge in [0.05, 0.1) is 6.61 Å². The van der Waals surface area contributed by atoms with Crippen LogP contribution in [0, 0.1) is 0 Å². The predicted octanol–water partition coefficient (Wildman–Crippen LogP) is 0.663. The van der Waals surface area contributed by atoms with Gasteiger partial charge < -0.3 is 20.3 Å². The summed E-state index contributed by atoms with van der Waals surface area (Å²) < 4.78 is 5.46. The number of benzene rings is 1. The topological polar surface area (TPSA) is 78.8 Å². The summed E-state index contributed by atoms with van der Waals surface area (Å²) in [6.45, 7) is 0.472. The third-order valence-electron chi connectivity index (χ3n) is 2.65. The van der Waals surface area contributed by atoms with Crippen molar-refractivity contribution in [3.8, 4) is 5.75 Å². The molecule has 1 atom stereocenters. The van der Waals surface area contributed by atoms with E-state index in [0.717, 1.165) is 5.56 Å². The van der Waals surface area contributed by atoms with Gasteiger partial charge in [0.2, 0.25) is 0 Å². The Morgan fingerprint density at radius 3 is 2.56 bits per heavy atom. The minimum Gasteiger partial charge on any atom is -0.494 e. The molecule has 0 aliphatic rings. The maximum absolute atomic E-state index is 10.7. The monoisotopic (exact) mass is 253 g/mol. The van der Waals surface area contributed by atoms with E-state index in [0.29, 0.717) is 25.2 Å². The summed E-state index contributed by atoms with van der Waals surface area (Å²) in [5.41, 5.74) is 1.04. The summed E-state index contributed by atoms with van der Waals surface area (Å²) in [7, 11) is 1.61. The number of aliphatic carboxylic acids is 1. The molecule has 0 aromatic heterocycles. The molecule has 0 radical (unpaired) electrons. The summed E-state index contributed by atoms with van der Waals surface area (Å²) in [5.74, 6) is -0.170. The highest BCUT2D eigenvalue weighted by molar-refractivity contribution is 5.73. The average Bonchev–Trinajstić information content (AvgIpc) is 2.36. The molecule has 1 unspecified atom stereocenters. The zero-order chi connectivity index (χ0) is 13.4. The van der Waals surface area contributed by atoms with Crippen molar-refractivity contribution in [1.82, 2.24) is 5.32 Å². The third kappa shape index (κ3) is 4.73. The van der Waals surface area contributed by atoms with E-state index < -0.39 is 12.0 Å². The van der Waals surface area contributed by atoms with Crippen LogP contribution in [0.5, 0.6) is 5.75 Å². The highest BCUT2D eigenvalue weighted by Crippen LogP contribution is 2.13. The normalized spacial score (nSPS) is 12.1. The van der Waals surface area contributed by atoms with Crippen LogP contribution in [0.3, 0.4) is 0 Å². The molecule has 0 heterocycles. The van der Waals surface area contributed by atoms with Crippen molar-refractivity contribution in [1.29, 1.82) is 0 Å². The second kappa shape index (κ2) is 7.68. The first-order valence-corrected chi connectivity index (χ1v) is 5.90. The van der Waals surface area contributed by atoms with Gasteiger partial charge in [-0.05, 0) is 31.2 Å². The van der Waals surface area contributed by atoms with Crippen molar-refractivity contribution in [3.05, 3.63) is 29.8 Å². The molecular weight excluding hydrogens is 234 g/mol. The number of hydrogen-bond acceptors (Lipinski definition) is 4. The summed E-state index contributed by atoms with van der Waals surface area (Å²) in [4.78, 5) is 10.7. The fourth-order valence-corrected chi connectivity index (χ4v) is 1.57. The van der Waals surface area contributed by atoms with Crippen molar-refractivity contribution in [3.63, 3.8) is 0 Å². The van der Waals surface area contributed by atoms with Crippen molar-refractivity contribution in [2.45, 2.75) is 18.9 Å². The number of rotatable bonds is 8. The summed E-state index contributed by atoms with van der Waals surface area (Å²) >= 11 is 0. The molecule has 18 heavy (non-hydrogen) atoms. The molecule has 1 rings (SSSR count). The summed E-state index contributed by atoms with van der Waals surface area (Å²) in [6.07, 6.45) is 1.03. The number of carbonyl (C=O) groups is 1. The van der Waals surface area contributed by atoms with Crippen molar-refractivity contribution < 1.29 is 19.7 Å². The Hall–Kier alpha value is -1.59. The number of carboxylic acids is 1. The lowest BCUT2D eigenvalue weighted by Gasteiger charge is -2.12. The number of aliphatic hydroxyl groups is 1. The number of carboxylic acid groups (broad SMARTS) is 1. The standard InChI is InChI=1S/C13H19NO4/c1-14-12(13(16)17)7-9-18-11-4-2-10(3-5-11)6-8-15/h2-5,12,14-15H,6-9H2,1H3,(H,16,17). The molecule has 0 saturated heterocycles. The van der Waals surface area contributed by atoms with Crippen LogP contribution >= 0.6 is 0 Å². The molecule has 0 amide bonds. The van der Waals surface area contributed by atoms with E-state index >= 15 is 0 Å². The van der Waals surface area contributed by atoms with Gasteiger partial charge in [-0.1, -0.05) is 12.1 Å². The fraction of sp³-hybridized carbons (Fsp3) is 0.462. The van der Waals surface area contributed by atoms with E-state index in [1.165, 1.54) is 0 Å². The smallest absolute Gasteiger partial charge is 0.320 e. The second-order valence-corrected chi connectivity index (χ2v) is 3.93. The van der Waals surface area contributed by atoms with Crippen molar-refractivity contribution in [2.24, 2.45) is 0 Å². The lowest BCUT2D eigenvalue weighted by molar-refractivity contribution is -0.139. The average molecular weight is 253 g/mol. The van der Waals surface area contributed by atoms with E-state index in [1.807, 2.05) is 24.3 Å². The molecule has 5 nitrogen and oxygen atoms in total. The number of aliphatic hydroxyl groups excluding tert-OH is 1. The Bertz CT molecular complexity index is 364. The highest BCUT2D eigenvalue weighted by atomic mass is 16.5. The molecule has 3 N–H and O–H groups in total. The van der Waals surface area contributed by atoms with Gasteiger partial charge in [-0.25, -0.2) is 0 Å². The van der Waals surface area contributed by atoms with E-state index in [1.54, 1.807) is 7.05 Å². The minimum atomic E-state index is -0.876. The summed E-state index contributed by atoms with van der Waals surface area (Å²) in [5, 5.41) is 20.3. The van der Waals surface area contributed by atoms with Crippen LogP contribution in [0.4, 0.5) is 0 Å². The Morgan fingerprint density at radius 2 is 2.06 bits per heavy atom. The first-order chi connectivity index (χ1) is 8.67. The van der Waals surface area contributed by atoms with Crippen LogP contribution in [-0.2, 0) is 11.2 Å². The van der Waals surface area contributed by atoms with Gasteiger partial charge in [0.1, 0.15) is 11.8 Å². The van der Waals surface area contributed by atoms with Crippen molar-refractivity contribution >= 4 is 5.97 Å². The Morgan fingerprint density at radius 1 is 1.39 bits per heavy atom. The third-order valence-corrected chi connectivity index (χ3v) is 2.65. The first-order valence-electron chi connectivity index (χ1n) is 5.90. The Balaban J connectivity index is 2.37. The number of ether oxygens (including phenoxy) is 1. The number of hydrogen-bond donors (Lipinski definition) is 3. The van der Waals surface area contributed by atoms with Gasteiger partial charge in [0.15, 0.2) is 0 Å². The summed E-state index contributed by atoms with van der Waals surface area (Å²) in [6, 6.07) is 6.83. The molecule has 0 fully saturated rings. The molecule has 0 aliphatic carbocycles. The molecule has 0 spiro atoms. The van der Waals surface area contributed by atoms with Gasteiger partial charge in [-0.2, -0.15) is 0 Å². The maximum Gasteiger partial charge on any atom is 0.320 e. The minimum absolute atomic E-state index is 0.128. The molecular formula is C13H19NO4. The number of nitrogens with one attached hydrogen (secondary N) is 1. The molecule has 0 bridgehead atoms. The SMILES string of the molecule is CNC(CCOc1ccc(CCO)cc1)C(=O)O. The van der Waals surface area contributed by atoms with Crippen LogP contribution in [0.15, 0.2) is 24.3 Å². The van der Waals surface area contributed by atoms with E-state index in [4.69, 9.17) is 14.9 Å². The number of likely N-dealkylation sites (N-methyl/N-ethyl adjacent to an activating group) is 1. The lowest BCUT2D eigenvalue weighted by Crippen LogP contribution is -2.35.